The van der Waals surface area contributed by atoms with Crippen molar-refractivity contribution in [2.24, 2.45) is 5.92 Å². The number of ether oxygens (including phenoxy) is 1. The van der Waals surface area contributed by atoms with Crippen molar-refractivity contribution >= 4 is 34.6 Å². The molecule has 5 rings (SSSR count). The first-order chi connectivity index (χ1) is 18.5. The number of hydrogen-bond donors (Lipinski definition) is 2. The van der Waals surface area contributed by atoms with Crippen LogP contribution in [0.25, 0.3) is 11.3 Å². The van der Waals surface area contributed by atoms with Gasteiger partial charge in [0.15, 0.2) is 18.1 Å². The van der Waals surface area contributed by atoms with Crippen molar-refractivity contribution in [2.45, 2.75) is 38.9 Å². The van der Waals surface area contributed by atoms with Crippen LogP contribution in [0.1, 0.15) is 46.3 Å². The smallest absolute Gasteiger partial charge is 0.422 e. The summed E-state index contributed by atoms with van der Waals surface area (Å²) in [5.41, 5.74) is 1.27. The molecule has 0 spiro atoms. The van der Waals surface area contributed by atoms with Gasteiger partial charge < -0.3 is 15.4 Å². The first-order valence-electron chi connectivity index (χ1n) is 12.0. The minimum Gasteiger partial charge on any atom is -0.467 e. The topological polar surface area (TPSA) is 115 Å². The SMILES string of the molecule is Cc1cc2ccnn2c(C(=O)NC(C)C2CC2)c1NC(=O)c1cc(OCC(F)(F)F)nn1-c1ncccc1Cl. The van der Waals surface area contributed by atoms with Crippen LogP contribution in [0.4, 0.5) is 18.9 Å². The number of hydrogen-bond acceptors (Lipinski definition) is 6. The number of alkyl halides is 3. The average molecular weight is 562 g/mol. The van der Waals surface area contributed by atoms with E-state index in [1.165, 1.54) is 23.0 Å². The van der Waals surface area contributed by atoms with Crippen LogP contribution in [-0.4, -0.2) is 55.0 Å². The van der Waals surface area contributed by atoms with E-state index in [4.69, 9.17) is 16.3 Å². The Kier molecular flexibility index (Phi) is 6.93. The molecule has 1 unspecified atom stereocenters. The van der Waals surface area contributed by atoms with Gasteiger partial charge in [-0.3, -0.25) is 9.59 Å². The van der Waals surface area contributed by atoms with Crippen LogP contribution >= 0.6 is 11.6 Å². The Labute approximate surface area is 225 Å². The van der Waals surface area contributed by atoms with Gasteiger partial charge in [-0.05, 0) is 62.4 Å². The minimum atomic E-state index is -4.62. The molecule has 39 heavy (non-hydrogen) atoms. The van der Waals surface area contributed by atoms with Gasteiger partial charge in [-0.2, -0.15) is 18.3 Å². The molecule has 0 aliphatic heterocycles. The minimum absolute atomic E-state index is 0.00153. The van der Waals surface area contributed by atoms with Crippen molar-refractivity contribution < 1.29 is 27.5 Å². The van der Waals surface area contributed by atoms with Gasteiger partial charge in [-0.1, -0.05) is 11.6 Å². The Morgan fingerprint density at radius 2 is 1.97 bits per heavy atom. The molecule has 4 aromatic heterocycles. The molecule has 0 radical (unpaired) electrons. The number of aryl methyl sites for hydroxylation is 1. The van der Waals surface area contributed by atoms with E-state index >= 15 is 0 Å². The van der Waals surface area contributed by atoms with Crippen LogP contribution in [0.5, 0.6) is 5.88 Å². The fraction of sp³-hybridized carbons (Fsp3) is 0.320. The predicted octanol–water partition coefficient (Wildman–Crippen LogP) is 4.60. The van der Waals surface area contributed by atoms with Gasteiger partial charge in [0.25, 0.3) is 11.8 Å². The third-order valence-electron chi connectivity index (χ3n) is 6.26. The average Bonchev–Trinajstić information content (AvgIpc) is 3.48. The molecule has 1 atom stereocenters. The largest absolute Gasteiger partial charge is 0.467 e. The molecule has 0 saturated heterocycles. The Morgan fingerprint density at radius 3 is 2.67 bits per heavy atom. The third kappa shape index (κ3) is 5.67. The standard InChI is InChI=1S/C25H23ClF3N7O3/c1-13-10-16-7-9-31-35(16)21(24(38)32-14(2)15-5-6-15)20(13)33-23(37)18-11-19(39-12-25(27,28)29)34-36(18)22-17(26)4-3-8-30-22/h3-4,7-11,14-15H,5-6,12H2,1-2H3,(H,32,38)(H,33,37). The summed E-state index contributed by atoms with van der Waals surface area (Å²) in [7, 11) is 0. The highest BCUT2D eigenvalue weighted by Gasteiger charge is 2.32. The lowest BCUT2D eigenvalue weighted by atomic mass is 10.1. The van der Waals surface area contributed by atoms with E-state index in [0.29, 0.717) is 17.0 Å². The van der Waals surface area contributed by atoms with Crippen molar-refractivity contribution in [2.75, 3.05) is 11.9 Å². The first kappa shape index (κ1) is 26.5. The van der Waals surface area contributed by atoms with Gasteiger partial charge in [0.1, 0.15) is 5.69 Å². The molecule has 0 bridgehead atoms. The number of rotatable bonds is 8. The summed E-state index contributed by atoms with van der Waals surface area (Å²) in [6.07, 6.45) is 0.346. The zero-order valence-corrected chi connectivity index (χ0v) is 21.5. The molecular weight excluding hydrogens is 539 g/mol. The Balaban J connectivity index is 1.54. The summed E-state index contributed by atoms with van der Waals surface area (Å²) in [6.45, 7) is 2.02. The molecule has 204 valence electrons. The lowest BCUT2D eigenvalue weighted by Gasteiger charge is -2.18. The van der Waals surface area contributed by atoms with Gasteiger partial charge >= 0.3 is 6.18 Å². The maximum absolute atomic E-state index is 13.6. The maximum atomic E-state index is 13.6. The van der Waals surface area contributed by atoms with Crippen LogP contribution in [0.3, 0.4) is 0 Å². The first-order valence-corrected chi connectivity index (χ1v) is 12.4. The van der Waals surface area contributed by atoms with Crippen molar-refractivity contribution in [1.82, 2.24) is 29.7 Å². The summed E-state index contributed by atoms with van der Waals surface area (Å²) in [5.74, 6) is -1.30. The van der Waals surface area contributed by atoms with Gasteiger partial charge in [0, 0.05) is 18.3 Å². The van der Waals surface area contributed by atoms with Gasteiger partial charge in [0.05, 0.1) is 22.4 Å². The summed E-state index contributed by atoms with van der Waals surface area (Å²) in [5, 5.41) is 14.0. The number of nitrogens with one attached hydrogen (secondary N) is 2. The molecule has 0 aromatic carbocycles. The van der Waals surface area contributed by atoms with Crippen LogP contribution in [0.2, 0.25) is 5.02 Å². The van der Waals surface area contributed by atoms with E-state index in [1.807, 2.05) is 6.92 Å². The molecule has 10 nitrogen and oxygen atoms in total. The summed E-state index contributed by atoms with van der Waals surface area (Å²) in [4.78, 5) is 31.1. The van der Waals surface area contributed by atoms with Crippen molar-refractivity contribution in [3.05, 3.63) is 64.7 Å². The van der Waals surface area contributed by atoms with Gasteiger partial charge in [-0.15, -0.1) is 5.10 Å². The number of fused-ring (bicyclic) bond motifs is 1. The van der Waals surface area contributed by atoms with E-state index in [0.717, 1.165) is 23.6 Å². The number of carbonyl (C=O) groups excluding carboxylic acids is 2. The van der Waals surface area contributed by atoms with E-state index in [-0.39, 0.29) is 34.0 Å². The lowest BCUT2D eigenvalue weighted by Crippen LogP contribution is -2.36. The highest BCUT2D eigenvalue weighted by molar-refractivity contribution is 6.32. The predicted molar refractivity (Wildman–Crippen MR) is 135 cm³/mol. The molecule has 1 saturated carbocycles. The van der Waals surface area contributed by atoms with Crippen molar-refractivity contribution in [1.29, 1.82) is 0 Å². The zero-order chi connectivity index (χ0) is 27.9. The third-order valence-corrected chi connectivity index (χ3v) is 6.56. The number of nitrogens with zero attached hydrogens (tertiary/aromatic N) is 5. The summed E-state index contributed by atoms with van der Waals surface area (Å²) in [6, 6.07) is 7.47. The number of anilines is 1. The van der Waals surface area contributed by atoms with E-state index < -0.39 is 30.5 Å². The van der Waals surface area contributed by atoms with Crippen molar-refractivity contribution in [3.8, 4) is 11.7 Å². The van der Waals surface area contributed by atoms with Crippen LogP contribution in [-0.2, 0) is 0 Å². The Hall–Kier alpha value is -4.13. The molecule has 4 aromatic rings. The monoisotopic (exact) mass is 561 g/mol. The fourth-order valence-electron chi connectivity index (χ4n) is 4.17. The molecule has 1 aliphatic rings. The number of aromatic nitrogens is 5. The zero-order valence-electron chi connectivity index (χ0n) is 20.8. The number of amides is 2. The molecule has 4 heterocycles. The van der Waals surface area contributed by atoms with Crippen LogP contribution in [0, 0.1) is 12.8 Å². The molecule has 1 aliphatic carbocycles. The normalized spacial score (nSPS) is 14.3. The van der Waals surface area contributed by atoms with E-state index in [2.05, 4.69) is 25.8 Å². The Morgan fingerprint density at radius 1 is 1.21 bits per heavy atom. The molecule has 1 fully saturated rings. The van der Waals surface area contributed by atoms with Crippen LogP contribution < -0.4 is 15.4 Å². The molecule has 2 amide bonds. The second-order valence-electron chi connectivity index (χ2n) is 9.26. The lowest BCUT2D eigenvalue weighted by molar-refractivity contribution is -0.154. The van der Waals surface area contributed by atoms with E-state index in [1.54, 1.807) is 25.1 Å². The molecule has 14 heteroatoms. The molecular formula is C25H23ClF3N7O3. The van der Waals surface area contributed by atoms with Gasteiger partial charge in [-0.25, -0.2) is 14.2 Å². The molecule has 2 N–H and O–H groups in total. The second-order valence-corrected chi connectivity index (χ2v) is 9.67. The quantitative estimate of drug-likeness (QED) is 0.325. The Bertz CT molecular complexity index is 1560. The van der Waals surface area contributed by atoms with E-state index in [9.17, 15) is 22.8 Å². The summed E-state index contributed by atoms with van der Waals surface area (Å²) >= 11 is 6.24. The van der Waals surface area contributed by atoms with Crippen LogP contribution in [0.15, 0.2) is 42.7 Å². The van der Waals surface area contributed by atoms with Gasteiger partial charge in [0.2, 0.25) is 5.88 Å². The summed E-state index contributed by atoms with van der Waals surface area (Å²) < 4.78 is 45.5. The highest BCUT2D eigenvalue weighted by atomic mass is 35.5. The van der Waals surface area contributed by atoms with Crippen molar-refractivity contribution in [3.63, 3.8) is 0 Å². The number of pyridine rings is 2. The highest BCUT2D eigenvalue weighted by Crippen LogP contribution is 2.33. The fourth-order valence-corrected chi connectivity index (χ4v) is 4.37. The number of carbonyl (C=O) groups is 2. The second kappa shape index (κ2) is 10.2. The maximum Gasteiger partial charge on any atom is 0.422 e. The number of halogens is 4.